The maximum atomic E-state index is 8.77. The largest absolute Gasteiger partial charge is 0.484 e. The second kappa shape index (κ2) is 5.24. The van der Waals surface area contributed by atoms with Crippen LogP contribution in [0.2, 0.25) is 0 Å². The van der Waals surface area contributed by atoms with E-state index in [-0.39, 0.29) is 6.10 Å². The van der Waals surface area contributed by atoms with Gasteiger partial charge in [0.2, 0.25) is 0 Å². The highest BCUT2D eigenvalue weighted by molar-refractivity contribution is 5.56. The van der Waals surface area contributed by atoms with Gasteiger partial charge in [0.1, 0.15) is 11.9 Å². The van der Waals surface area contributed by atoms with Crippen molar-refractivity contribution in [2.45, 2.75) is 13.0 Å². The van der Waals surface area contributed by atoms with E-state index in [0.29, 0.717) is 17.0 Å². The van der Waals surface area contributed by atoms with Crippen LogP contribution in [-0.4, -0.2) is 0 Å². The van der Waals surface area contributed by atoms with Gasteiger partial charge in [-0.05, 0) is 30.7 Å². The number of hydrogen-bond acceptors (Lipinski definition) is 3. The predicted octanol–water partition coefficient (Wildman–Crippen LogP) is 3.28. The fourth-order valence-electron chi connectivity index (χ4n) is 1.71. The normalized spacial score (nSPS) is 11.6. The monoisotopic (exact) mass is 238 g/mol. The lowest BCUT2D eigenvalue weighted by Crippen LogP contribution is -2.04. The Labute approximate surface area is 106 Å². The molecule has 0 saturated heterocycles. The van der Waals surface area contributed by atoms with Gasteiger partial charge in [-0.25, -0.2) is 0 Å². The van der Waals surface area contributed by atoms with Gasteiger partial charge in [-0.3, -0.25) is 0 Å². The lowest BCUT2D eigenvalue weighted by molar-refractivity contribution is 0.228. The van der Waals surface area contributed by atoms with Crippen LogP contribution in [0.3, 0.4) is 0 Å². The van der Waals surface area contributed by atoms with Crippen LogP contribution in [0.5, 0.6) is 5.75 Å². The standard InChI is InChI=1S/C15H14N2O/c1-11(13-5-3-2-4-6-13)18-15-8-7-12(10-16)9-14(15)17/h2-9,11H,17H2,1H3. The lowest BCUT2D eigenvalue weighted by Gasteiger charge is -2.16. The summed E-state index contributed by atoms with van der Waals surface area (Å²) in [6.45, 7) is 1.97. The summed E-state index contributed by atoms with van der Waals surface area (Å²) in [4.78, 5) is 0. The number of nitrogen functional groups attached to an aromatic ring is 1. The summed E-state index contributed by atoms with van der Waals surface area (Å²) >= 11 is 0. The van der Waals surface area contributed by atoms with Crippen molar-refractivity contribution >= 4 is 5.69 Å². The minimum atomic E-state index is -0.0820. The van der Waals surface area contributed by atoms with E-state index >= 15 is 0 Å². The van der Waals surface area contributed by atoms with Gasteiger partial charge in [0.15, 0.2) is 0 Å². The van der Waals surface area contributed by atoms with Crippen molar-refractivity contribution in [3.63, 3.8) is 0 Å². The summed E-state index contributed by atoms with van der Waals surface area (Å²) < 4.78 is 5.80. The molecular formula is C15H14N2O. The number of nitrogens with two attached hydrogens (primary N) is 1. The second-order valence-electron chi connectivity index (χ2n) is 4.04. The van der Waals surface area contributed by atoms with E-state index in [1.807, 2.05) is 43.3 Å². The van der Waals surface area contributed by atoms with Crippen LogP contribution in [0.1, 0.15) is 24.2 Å². The molecule has 0 heterocycles. The van der Waals surface area contributed by atoms with Crippen molar-refractivity contribution in [2.24, 2.45) is 0 Å². The molecule has 2 rings (SSSR count). The van der Waals surface area contributed by atoms with Gasteiger partial charge in [-0.2, -0.15) is 5.26 Å². The highest BCUT2D eigenvalue weighted by atomic mass is 16.5. The first-order chi connectivity index (χ1) is 8.70. The van der Waals surface area contributed by atoms with E-state index in [2.05, 4.69) is 0 Å². The molecule has 2 aromatic rings. The molecule has 3 nitrogen and oxygen atoms in total. The molecule has 2 aromatic carbocycles. The number of anilines is 1. The van der Waals surface area contributed by atoms with Crippen molar-refractivity contribution < 1.29 is 4.74 Å². The number of ether oxygens (including phenoxy) is 1. The Kier molecular flexibility index (Phi) is 3.49. The third-order valence-electron chi connectivity index (χ3n) is 2.71. The molecule has 0 spiro atoms. The molecule has 1 atom stereocenters. The van der Waals surface area contributed by atoms with Gasteiger partial charge in [0.25, 0.3) is 0 Å². The summed E-state index contributed by atoms with van der Waals surface area (Å²) in [6, 6.07) is 17.0. The summed E-state index contributed by atoms with van der Waals surface area (Å²) in [6.07, 6.45) is -0.0820. The number of hydrogen-bond donors (Lipinski definition) is 1. The Morgan fingerprint density at radius 3 is 2.50 bits per heavy atom. The minimum absolute atomic E-state index is 0.0820. The smallest absolute Gasteiger partial charge is 0.143 e. The van der Waals surface area contributed by atoms with Crippen molar-refractivity contribution in [3.05, 3.63) is 59.7 Å². The van der Waals surface area contributed by atoms with Crippen LogP contribution < -0.4 is 10.5 Å². The van der Waals surface area contributed by atoms with Gasteiger partial charge in [-0.15, -0.1) is 0 Å². The Morgan fingerprint density at radius 1 is 1.17 bits per heavy atom. The summed E-state index contributed by atoms with van der Waals surface area (Å²) in [5.41, 5.74) is 7.95. The maximum absolute atomic E-state index is 8.77. The van der Waals surface area contributed by atoms with Crippen LogP contribution in [0, 0.1) is 11.3 Å². The molecule has 0 saturated carbocycles. The Morgan fingerprint density at radius 2 is 1.89 bits per heavy atom. The molecule has 18 heavy (non-hydrogen) atoms. The van der Waals surface area contributed by atoms with Crippen LogP contribution in [-0.2, 0) is 0 Å². The lowest BCUT2D eigenvalue weighted by atomic mass is 10.1. The Bertz CT molecular complexity index is 573. The molecule has 90 valence electrons. The molecule has 0 fully saturated rings. The summed E-state index contributed by atoms with van der Waals surface area (Å²) in [5, 5.41) is 8.77. The van der Waals surface area contributed by atoms with Crippen LogP contribution in [0.25, 0.3) is 0 Å². The van der Waals surface area contributed by atoms with Gasteiger partial charge in [0, 0.05) is 0 Å². The molecule has 0 aromatic heterocycles. The average Bonchev–Trinajstić information content (AvgIpc) is 2.42. The molecule has 0 radical (unpaired) electrons. The predicted molar refractivity (Wildman–Crippen MR) is 71.1 cm³/mol. The molecular weight excluding hydrogens is 224 g/mol. The van der Waals surface area contributed by atoms with E-state index in [1.54, 1.807) is 18.2 Å². The first kappa shape index (κ1) is 12.0. The van der Waals surface area contributed by atoms with E-state index in [4.69, 9.17) is 15.7 Å². The zero-order valence-corrected chi connectivity index (χ0v) is 10.1. The fourth-order valence-corrected chi connectivity index (χ4v) is 1.71. The number of nitrogens with zero attached hydrogens (tertiary/aromatic N) is 1. The summed E-state index contributed by atoms with van der Waals surface area (Å²) in [5.74, 6) is 0.602. The van der Waals surface area contributed by atoms with E-state index in [0.717, 1.165) is 5.56 Å². The molecule has 0 bridgehead atoms. The van der Waals surface area contributed by atoms with E-state index in [9.17, 15) is 0 Å². The van der Waals surface area contributed by atoms with Crippen LogP contribution >= 0.6 is 0 Å². The van der Waals surface area contributed by atoms with Crippen molar-refractivity contribution in [2.75, 3.05) is 5.73 Å². The van der Waals surface area contributed by atoms with Crippen molar-refractivity contribution in [1.82, 2.24) is 0 Å². The minimum Gasteiger partial charge on any atom is -0.484 e. The first-order valence-corrected chi connectivity index (χ1v) is 5.72. The molecule has 3 heteroatoms. The fraction of sp³-hybridized carbons (Fsp3) is 0.133. The number of nitriles is 1. The third-order valence-corrected chi connectivity index (χ3v) is 2.71. The van der Waals surface area contributed by atoms with Crippen LogP contribution in [0.4, 0.5) is 5.69 Å². The molecule has 0 amide bonds. The van der Waals surface area contributed by atoms with E-state index in [1.165, 1.54) is 0 Å². The topological polar surface area (TPSA) is 59.0 Å². The van der Waals surface area contributed by atoms with Gasteiger partial charge in [0.05, 0.1) is 17.3 Å². The zero-order chi connectivity index (χ0) is 13.0. The molecule has 0 aliphatic carbocycles. The Balaban J connectivity index is 2.18. The SMILES string of the molecule is CC(Oc1ccc(C#N)cc1N)c1ccccc1. The summed E-state index contributed by atoms with van der Waals surface area (Å²) in [7, 11) is 0. The van der Waals surface area contributed by atoms with Crippen molar-refractivity contribution in [1.29, 1.82) is 5.26 Å². The molecule has 0 aliphatic rings. The highest BCUT2D eigenvalue weighted by Crippen LogP contribution is 2.27. The third kappa shape index (κ3) is 2.61. The Hall–Kier alpha value is -2.47. The number of rotatable bonds is 3. The van der Waals surface area contributed by atoms with Gasteiger partial charge < -0.3 is 10.5 Å². The van der Waals surface area contributed by atoms with Gasteiger partial charge in [-0.1, -0.05) is 30.3 Å². The molecule has 0 aliphatic heterocycles. The van der Waals surface area contributed by atoms with Gasteiger partial charge >= 0.3 is 0 Å². The first-order valence-electron chi connectivity index (χ1n) is 5.72. The van der Waals surface area contributed by atoms with E-state index < -0.39 is 0 Å². The van der Waals surface area contributed by atoms with Crippen LogP contribution in [0.15, 0.2) is 48.5 Å². The maximum Gasteiger partial charge on any atom is 0.143 e. The highest BCUT2D eigenvalue weighted by Gasteiger charge is 2.09. The quantitative estimate of drug-likeness (QED) is 0.835. The molecule has 1 unspecified atom stereocenters. The van der Waals surface area contributed by atoms with Crippen molar-refractivity contribution in [3.8, 4) is 11.8 Å². The molecule has 2 N–H and O–H groups in total. The zero-order valence-electron chi connectivity index (χ0n) is 10.1. The number of benzene rings is 2. The second-order valence-corrected chi connectivity index (χ2v) is 4.04. The average molecular weight is 238 g/mol.